The Balaban J connectivity index is 2.17. The minimum Gasteiger partial charge on any atom is -0.478 e. The molecule has 10 heteroatoms. The van der Waals surface area contributed by atoms with E-state index in [2.05, 4.69) is 0 Å². The van der Waals surface area contributed by atoms with Gasteiger partial charge in [-0.25, -0.2) is 21.6 Å². The maximum Gasteiger partial charge on any atom is 0.335 e. The zero-order valence-corrected chi connectivity index (χ0v) is 16.3. The Morgan fingerprint density at radius 1 is 1.15 bits per heavy atom. The maximum absolute atomic E-state index is 13.4. The summed E-state index contributed by atoms with van der Waals surface area (Å²) in [5.41, 5.74) is 0.0569. The summed E-state index contributed by atoms with van der Waals surface area (Å²) >= 11 is 6.06. The Morgan fingerprint density at radius 3 is 2.37 bits per heavy atom. The molecule has 1 saturated heterocycles. The second-order valence-electron chi connectivity index (χ2n) is 6.14. The van der Waals surface area contributed by atoms with Crippen LogP contribution in [0.4, 0.5) is 5.69 Å². The van der Waals surface area contributed by atoms with Crippen molar-refractivity contribution >= 4 is 43.1 Å². The van der Waals surface area contributed by atoms with E-state index < -0.39 is 31.9 Å². The summed E-state index contributed by atoms with van der Waals surface area (Å²) in [6.45, 7) is 0. The number of carbonyl (C=O) groups is 1. The molecule has 1 aliphatic heterocycles. The van der Waals surface area contributed by atoms with Crippen LogP contribution in [-0.2, 0) is 19.9 Å². The van der Waals surface area contributed by atoms with Gasteiger partial charge in [0.1, 0.15) is 4.90 Å². The van der Waals surface area contributed by atoms with E-state index in [0.29, 0.717) is 0 Å². The zero-order valence-electron chi connectivity index (χ0n) is 13.9. The van der Waals surface area contributed by atoms with Gasteiger partial charge in [-0.15, -0.1) is 0 Å². The summed E-state index contributed by atoms with van der Waals surface area (Å²) in [6, 6.07) is 10.7. The highest BCUT2D eigenvalue weighted by molar-refractivity contribution is 7.93. The average molecular weight is 430 g/mol. The Labute approximate surface area is 162 Å². The number of carboxylic acids is 1. The molecule has 0 aliphatic carbocycles. The fraction of sp³-hybridized carbons (Fsp3) is 0.235. The fourth-order valence-electron chi connectivity index (χ4n) is 3.02. The van der Waals surface area contributed by atoms with Crippen molar-refractivity contribution in [2.24, 2.45) is 0 Å². The van der Waals surface area contributed by atoms with Gasteiger partial charge in [0.15, 0.2) is 9.84 Å². The number of carboxylic acid groups (broad SMARTS) is 1. The molecule has 0 bridgehead atoms. The smallest absolute Gasteiger partial charge is 0.335 e. The van der Waals surface area contributed by atoms with Gasteiger partial charge in [-0.1, -0.05) is 29.8 Å². The Morgan fingerprint density at radius 2 is 1.81 bits per heavy atom. The molecular formula is C17H16ClNO6S2. The standard InChI is InChI=1S/C17H16ClNO6S2/c18-15-7-6-12(17(20)21)10-16(15)27(24,25)19(13-4-2-1-3-5-13)14-8-9-26(22,23)11-14/h1-7,10,14H,8-9,11H2,(H,20,21)/t14-/m0/s1. The fourth-order valence-corrected chi connectivity index (χ4v) is 7.00. The molecule has 0 amide bonds. The lowest BCUT2D eigenvalue weighted by Crippen LogP contribution is -2.41. The molecule has 1 aliphatic rings. The number of nitrogens with zero attached hydrogens (tertiary/aromatic N) is 1. The molecule has 0 saturated carbocycles. The molecular weight excluding hydrogens is 414 g/mol. The summed E-state index contributed by atoms with van der Waals surface area (Å²) in [4.78, 5) is 10.9. The van der Waals surface area contributed by atoms with Crippen molar-refractivity contribution in [1.29, 1.82) is 0 Å². The number of aromatic carboxylic acids is 1. The van der Waals surface area contributed by atoms with Gasteiger partial charge >= 0.3 is 5.97 Å². The van der Waals surface area contributed by atoms with Crippen LogP contribution in [-0.4, -0.2) is 45.5 Å². The number of sulfonamides is 1. The van der Waals surface area contributed by atoms with Gasteiger partial charge in [0.2, 0.25) is 0 Å². The van der Waals surface area contributed by atoms with Crippen LogP contribution in [0.25, 0.3) is 0 Å². The Bertz CT molecular complexity index is 1080. The molecule has 1 atom stereocenters. The van der Waals surface area contributed by atoms with Crippen molar-refractivity contribution in [2.75, 3.05) is 15.8 Å². The van der Waals surface area contributed by atoms with Gasteiger partial charge in [0.05, 0.1) is 33.8 Å². The van der Waals surface area contributed by atoms with Crippen molar-refractivity contribution in [3.63, 3.8) is 0 Å². The van der Waals surface area contributed by atoms with E-state index in [0.717, 1.165) is 10.4 Å². The normalized spacial score (nSPS) is 18.9. The van der Waals surface area contributed by atoms with Gasteiger partial charge in [-0.2, -0.15) is 0 Å². The number of halogens is 1. The molecule has 7 nitrogen and oxygen atoms in total. The van der Waals surface area contributed by atoms with Gasteiger partial charge in [-0.3, -0.25) is 4.31 Å². The third-order valence-electron chi connectivity index (χ3n) is 4.27. The largest absolute Gasteiger partial charge is 0.478 e. The highest BCUT2D eigenvalue weighted by Gasteiger charge is 2.40. The van der Waals surface area contributed by atoms with E-state index in [-0.39, 0.29) is 39.1 Å². The lowest BCUT2D eigenvalue weighted by atomic mass is 10.2. The number of hydrogen-bond acceptors (Lipinski definition) is 5. The van der Waals surface area contributed by atoms with Crippen LogP contribution in [0.1, 0.15) is 16.8 Å². The molecule has 0 radical (unpaired) electrons. The van der Waals surface area contributed by atoms with E-state index >= 15 is 0 Å². The van der Waals surface area contributed by atoms with Crippen molar-refractivity contribution in [1.82, 2.24) is 0 Å². The van der Waals surface area contributed by atoms with Crippen molar-refractivity contribution in [3.8, 4) is 0 Å². The van der Waals surface area contributed by atoms with Crippen LogP contribution in [0.2, 0.25) is 5.02 Å². The molecule has 0 aromatic heterocycles. The first-order valence-corrected chi connectivity index (χ1v) is 11.6. The Hall–Kier alpha value is -2.10. The summed E-state index contributed by atoms with van der Waals surface area (Å²) in [6.07, 6.45) is 0.146. The average Bonchev–Trinajstić information content (AvgIpc) is 2.95. The van der Waals surface area contributed by atoms with Crippen molar-refractivity contribution < 1.29 is 26.7 Å². The predicted molar refractivity (Wildman–Crippen MR) is 102 cm³/mol. The van der Waals surface area contributed by atoms with Crippen LogP contribution in [0.3, 0.4) is 0 Å². The van der Waals surface area contributed by atoms with E-state index in [1.807, 2.05) is 0 Å². The monoisotopic (exact) mass is 429 g/mol. The van der Waals surface area contributed by atoms with Crippen molar-refractivity contribution in [2.45, 2.75) is 17.4 Å². The van der Waals surface area contributed by atoms with Crippen LogP contribution in [0.15, 0.2) is 53.4 Å². The minimum atomic E-state index is -4.30. The number of benzene rings is 2. The topological polar surface area (TPSA) is 109 Å². The van der Waals surface area contributed by atoms with E-state index in [9.17, 15) is 26.7 Å². The van der Waals surface area contributed by atoms with Gasteiger partial charge in [0.25, 0.3) is 10.0 Å². The SMILES string of the molecule is O=C(O)c1ccc(Cl)c(S(=O)(=O)N(c2ccccc2)[C@H]2CCS(=O)(=O)C2)c1. The molecule has 2 aromatic carbocycles. The molecule has 0 spiro atoms. The number of para-hydroxylation sites is 1. The van der Waals surface area contributed by atoms with E-state index in [4.69, 9.17) is 11.6 Å². The second-order valence-corrected chi connectivity index (χ2v) is 10.6. The first-order valence-electron chi connectivity index (χ1n) is 7.94. The van der Waals surface area contributed by atoms with Crippen LogP contribution in [0.5, 0.6) is 0 Å². The molecule has 1 heterocycles. The minimum absolute atomic E-state index is 0.112. The highest BCUT2D eigenvalue weighted by atomic mass is 35.5. The number of anilines is 1. The van der Waals surface area contributed by atoms with Gasteiger partial charge < -0.3 is 5.11 Å². The summed E-state index contributed by atoms with van der Waals surface area (Å²) in [7, 11) is -7.66. The van der Waals surface area contributed by atoms with Crippen LogP contribution in [0, 0.1) is 0 Å². The first-order chi connectivity index (χ1) is 12.6. The van der Waals surface area contributed by atoms with Crippen LogP contribution < -0.4 is 4.31 Å². The lowest BCUT2D eigenvalue weighted by molar-refractivity contribution is 0.0696. The number of rotatable bonds is 5. The molecule has 144 valence electrons. The third kappa shape index (κ3) is 3.95. The second kappa shape index (κ2) is 7.14. The molecule has 27 heavy (non-hydrogen) atoms. The van der Waals surface area contributed by atoms with Gasteiger partial charge in [0, 0.05) is 0 Å². The molecule has 0 unspecified atom stereocenters. The van der Waals surface area contributed by atoms with E-state index in [1.165, 1.54) is 12.1 Å². The molecule has 1 fully saturated rings. The summed E-state index contributed by atoms with van der Waals surface area (Å²) < 4.78 is 51.6. The van der Waals surface area contributed by atoms with Gasteiger partial charge in [-0.05, 0) is 36.8 Å². The summed E-state index contributed by atoms with van der Waals surface area (Å²) in [5.74, 6) is -1.71. The number of sulfone groups is 1. The maximum atomic E-state index is 13.4. The molecule has 2 aromatic rings. The first kappa shape index (κ1) is 19.7. The zero-order chi connectivity index (χ0) is 19.8. The predicted octanol–water partition coefficient (Wildman–Crippen LogP) is 2.42. The van der Waals surface area contributed by atoms with Crippen LogP contribution >= 0.6 is 11.6 Å². The lowest BCUT2D eigenvalue weighted by Gasteiger charge is -2.30. The molecule has 1 N–H and O–H groups in total. The Kier molecular flexibility index (Phi) is 5.20. The quantitative estimate of drug-likeness (QED) is 0.781. The molecule has 3 rings (SSSR count). The summed E-state index contributed by atoms with van der Waals surface area (Å²) in [5, 5.41) is 9.03. The highest BCUT2D eigenvalue weighted by Crippen LogP contribution is 2.33. The number of hydrogen-bond donors (Lipinski definition) is 1. The third-order valence-corrected chi connectivity index (χ3v) is 8.38. The van der Waals surface area contributed by atoms with Crippen molar-refractivity contribution in [3.05, 3.63) is 59.1 Å². The van der Waals surface area contributed by atoms with E-state index in [1.54, 1.807) is 30.3 Å².